The highest BCUT2D eigenvalue weighted by atomic mass is 32.2. The summed E-state index contributed by atoms with van der Waals surface area (Å²) in [4.78, 5) is 14.7. The van der Waals surface area contributed by atoms with E-state index in [9.17, 15) is 4.79 Å². The van der Waals surface area contributed by atoms with Crippen LogP contribution in [0.15, 0.2) is 17.0 Å². The largest absolute Gasteiger partial charge is 0.301 e. The summed E-state index contributed by atoms with van der Waals surface area (Å²) >= 11 is 3.00. The van der Waals surface area contributed by atoms with Gasteiger partial charge in [-0.15, -0.1) is 16.8 Å². The minimum atomic E-state index is 0.0785. The van der Waals surface area contributed by atoms with Crippen LogP contribution in [-0.4, -0.2) is 45.9 Å². The van der Waals surface area contributed by atoms with Crippen LogP contribution in [0, 0.1) is 5.92 Å². The molecule has 116 valence electrons. The number of likely N-dealkylation sites (tertiary alicyclic amines) is 1. The minimum Gasteiger partial charge on any atom is -0.301 e. The van der Waals surface area contributed by atoms with E-state index in [1.54, 1.807) is 11.8 Å². The van der Waals surface area contributed by atoms with E-state index in [1.165, 1.54) is 11.3 Å². The normalized spacial score (nSPS) is 17.1. The van der Waals surface area contributed by atoms with Crippen molar-refractivity contribution in [2.24, 2.45) is 5.92 Å². The van der Waals surface area contributed by atoms with Gasteiger partial charge in [-0.1, -0.05) is 29.2 Å². The fourth-order valence-electron chi connectivity index (χ4n) is 2.33. The highest BCUT2D eigenvalue weighted by Gasteiger charge is 2.26. The van der Waals surface area contributed by atoms with E-state index in [0.29, 0.717) is 11.2 Å². The molecular formula is C14H22N4OS2. The zero-order chi connectivity index (χ0) is 15.2. The van der Waals surface area contributed by atoms with Crippen molar-refractivity contribution in [2.45, 2.75) is 37.1 Å². The molecule has 7 heteroatoms. The quantitative estimate of drug-likeness (QED) is 0.495. The van der Waals surface area contributed by atoms with Gasteiger partial charge in [-0.3, -0.25) is 4.79 Å². The number of carbonyl (C=O) groups is 1. The maximum atomic E-state index is 12.3. The van der Waals surface area contributed by atoms with Gasteiger partial charge in [0.25, 0.3) is 0 Å². The number of nitrogens with zero attached hydrogens (tertiary/aromatic N) is 3. The molecule has 1 N–H and O–H groups in total. The highest BCUT2D eigenvalue weighted by molar-refractivity contribution is 8.01. The summed E-state index contributed by atoms with van der Waals surface area (Å²) in [5, 5.41) is 11.6. The molecule has 1 saturated heterocycles. The topological polar surface area (TPSA) is 58.1 Å². The van der Waals surface area contributed by atoms with Crippen LogP contribution in [0.4, 0.5) is 5.13 Å². The number of hydrogen-bond donors (Lipinski definition) is 1. The number of piperidine rings is 1. The van der Waals surface area contributed by atoms with Gasteiger partial charge in [0.05, 0.1) is 0 Å². The summed E-state index contributed by atoms with van der Waals surface area (Å²) in [5.41, 5.74) is 0. The first-order chi connectivity index (χ1) is 10.1. The Morgan fingerprint density at radius 3 is 2.86 bits per heavy atom. The molecule has 0 spiro atoms. The fraction of sp³-hybridized carbons (Fsp3) is 0.643. The first-order valence-corrected chi connectivity index (χ1v) is 9.02. The van der Waals surface area contributed by atoms with Crippen molar-refractivity contribution in [3.63, 3.8) is 0 Å². The van der Waals surface area contributed by atoms with E-state index in [4.69, 9.17) is 0 Å². The van der Waals surface area contributed by atoms with Crippen LogP contribution in [-0.2, 0) is 4.79 Å². The van der Waals surface area contributed by atoms with Crippen molar-refractivity contribution < 1.29 is 4.79 Å². The first kappa shape index (κ1) is 16.5. The van der Waals surface area contributed by atoms with E-state index in [2.05, 4.69) is 40.8 Å². The lowest BCUT2D eigenvalue weighted by Gasteiger charge is -2.33. The average Bonchev–Trinajstić information content (AvgIpc) is 2.92. The van der Waals surface area contributed by atoms with Crippen LogP contribution >= 0.6 is 23.1 Å². The second-order valence-electron chi connectivity index (χ2n) is 5.37. The van der Waals surface area contributed by atoms with Crippen molar-refractivity contribution in [3.8, 4) is 0 Å². The molecule has 2 rings (SSSR count). The van der Waals surface area contributed by atoms with E-state index >= 15 is 0 Å². The number of nitrogens with one attached hydrogen (secondary N) is 1. The molecule has 0 aromatic carbocycles. The summed E-state index contributed by atoms with van der Waals surface area (Å²) in [6.07, 6.45) is 3.66. The summed E-state index contributed by atoms with van der Waals surface area (Å²) in [6, 6.07) is 0.557. The summed E-state index contributed by atoms with van der Waals surface area (Å²) < 4.78 is 0.861. The van der Waals surface area contributed by atoms with Crippen LogP contribution < -0.4 is 5.32 Å². The number of anilines is 1. The molecule has 21 heavy (non-hydrogen) atoms. The molecule has 1 fully saturated rings. The SMILES string of the molecule is C=CCSc1nnc(NC(=O)C2CCN(C(C)C)CC2)s1. The Morgan fingerprint density at radius 2 is 2.24 bits per heavy atom. The molecule has 0 saturated carbocycles. The minimum absolute atomic E-state index is 0.0785. The van der Waals surface area contributed by atoms with Gasteiger partial charge in [0.15, 0.2) is 4.34 Å². The summed E-state index contributed by atoms with van der Waals surface area (Å²) in [7, 11) is 0. The Balaban J connectivity index is 1.82. The van der Waals surface area contributed by atoms with Crippen molar-refractivity contribution >= 4 is 34.1 Å². The zero-order valence-corrected chi connectivity index (χ0v) is 14.2. The molecule has 0 atom stereocenters. The number of aromatic nitrogens is 2. The van der Waals surface area contributed by atoms with Gasteiger partial charge < -0.3 is 10.2 Å². The maximum Gasteiger partial charge on any atom is 0.229 e. The molecule has 1 aliphatic rings. The zero-order valence-electron chi connectivity index (χ0n) is 12.5. The molecular weight excluding hydrogens is 304 g/mol. The van der Waals surface area contributed by atoms with Crippen molar-refractivity contribution in [1.29, 1.82) is 0 Å². The lowest BCUT2D eigenvalue weighted by atomic mass is 9.95. The van der Waals surface area contributed by atoms with Crippen molar-refractivity contribution in [2.75, 3.05) is 24.2 Å². The number of hydrogen-bond acceptors (Lipinski definition) is 6. The van der Waals surface area contributed by atoms with Gasteiger partial charge in [-0.25, -0.2) is 0 Å². The Morgan fingerprint density at radius 1 is 1.52 bits per heavy atom. The van der Waals surface area contributed by atoms with Gasteiger partial charge >= 0.3 is 0 Å². The van der Waals surface area contributed by atoms with E-state index < -0.39 is 0 Å². The third-order valence-corrected chi connectivity index (χ3v) is 5.56. The number of rotatable bonds is 6. The van der Waals surface area contributed by atoms with Gasteiger partial charge in [0, 0.05) is 17.7 Å². The number of amides is 1. The maximum absolute atomic E-state index is 12.3. The molecule has 1 aromatic rings. The van der Waals surface area contributed by atoms with Crippen molar-refractivity contribution in [3.05, 3.63) is 12.7 Å². The Hall–Kier alpha value is -0.920. The predicted molar refractivity (Wildman–Crippen MR) is 88.9 cm³/mol. The Labute approximate surface area is 134 Å². The highest BCUT2D eigenvalue weighted by Crippen LogP contribution is 2.27. The lowest BCUT2D eigenvalue weighted by Crippen LogP contribution is -2.41. The van der Waals surface area contributed by atoms with E-state index in [1.807, 2.05) is 6.08 Å². The predicted octanol–water partition coefficient (Wildman–Crippen LogP) is 2.88. The third kappa shape index (κ3) is 4.79. The van der Waals surface area contributed by atoms with Crippen LogP contribution in [0.2, 0.25) is 0 Å². The van der Waals surface area contributed by atoms with Gasteiger partial charge in [0.2, 0.25) is 11.0 Å². The van der Waals surface area contributed by atoms with Crippen LogP contribution in [0.5, 0.6) is 0 Å². The fourth-order valence-corrected chi connectivity index (χ4v) is 3.85. The number of carbonyl (C=O) groups excluding carboxylic acids is 1. The molecule has 1 aromatic heterocycles. The smallest absolute Gasteiger partial charge is 0.229 e. The molecule has 0 unspecified atom stereocenters. The monoisotopic (exact) mass is 326 g/mol. The molecule has 5 nitrogen and oxygen atoms in total. The van der Waals surface area contributed by atoms with Crippen molar-refractivity contribution in [1.82, 2.24) is 15.1 Å². The van der Waals surface area contributed by atoms with E-state index in [0.717, 1.165) is 36.0 Å². The first-order valence-electron chi connectivity index (χ1n) is 7.22. The van der Waals surface area contributed by atoms with Crippen LogP contribution in [0.25, 0.3) is 0 Å². The standard InChI is InChI=1S/C14H22N4OS2/c1-4-9-20-14-17-16-13(21-14)15-12(19)11-5-7-18(8-6-11)10(2)3/h4,10-11H,1,5-9H2,2-3H3,(H,15,16,19). The van der Waals surface area contributed by atoms with Crippen LogP contribution in [0.1, 0.15) is 26.7 Å². The van der Waals surface area contributed by atoms with E-state index in [-0.39, 0.29) is 11.8 Å². The summed E-state index contributed by atoms with van der Waals surface area (Å²) in [6.45, 7) is 10.1. The number of thioether (sulfide) groups is 1. The lowest BCUT2D eigenvalue weighted by molar-refractivity contribution is -0.121. The molecule has 0 aliphatic carbocycles. The van der Waals surface area contributed by atoms with Gasteiger partial charge in [-0.2, -0.15) is 0 Å². The molecule has 1 amide bonds. The Kier molecular flexibility index (Phi) is 6.20. The third-order valence-electron chi connectivity index (χ3n) is 3.59. The molecule has 2 heterocycles. The second kappa shape index (κ2) is 7.91. The molecule has 0 radical (unpaired) electrons. The average molecular weight is 326 g/mol. The Bertz CT molecular complexity index is 481. The summed E-state index contributed by atoms with van der Waals surface area (Å²) in [5.74, 6) is 0.971. The molecule has 1 aliphatic heterocycles. The van der Waals surface area contributed by atoms with Crippen LogP contribution in [0.3, 0.4) is 0 Å². The van der Waals surface area contributed by atoms with Gasteiger partial charge in [-0.05, 0) is 39.8 Å². The second-order valence-corrected chi connectivity index (χ2v) is 7.61. The molecule has 0 bridgehead atoms. The van der Waals surface area contributed by atoms with Gasteiger partial charge in [0.1, 0.15) is 0 Å².